The lowest BCUT2D eigenvalue weighted by atomic mass is 10.1. The molecule has 108 valence electrons. The summed E-state index contributed by atoms with van der Waals surface area (Å²) >= 11 is 15.9. The minimum atomic E-state index is 0.125. The molecule has 2 nitrogen and oxygen atoms in total. The van der Waals surface area contributed by atoms with Crippen LogP contribution in [0.15, 0.2) is 46.9 Å². The molecule has 3 rings (SSSR count). The van der Waals surface area contributed by atoms with Gasteiger partial charge in [-0.05, 0) is 36.8 Å². The third-order valence-corrected chi connectivity index (χ3v) is 4.62. The van der Waals surface area contributed by atoms with E-state index in [-0.39, 0.29) is 6.04 Å². The van der Waals surface area contributed by atoms with E-state index in [1.54, 1.807) is 0 Å². The fraction of sp³-hybridized carbons (Fsp3) is 0.188. The summed E-state index contributed by atoms with van der Waals surface area (Å²) in [6.07, 6.45) is 0. The summed E-state index contributed by atoms with van der Waals surface area (Å²) in [5.74, 6) is 1.18. The number of rotatable bonds is 3. The lowest BCUT2D eigenvalue weighted by Crippen LogP contribution is -2.09. The molecule has 0 aliphatic heterocycles. The first-order chi connectivity index (χ1) is 10.1. The van der Waals surface area contributed by atoms with Crippen LogP contribution in [0.25, 0.3) is 11.0 Å². The Bertz CT molecular complexity index is 798. The van der Waals surface area contributed by atoms with E-state index in [1.807, 2.05) is 30.3 Å². The zero-order valence-corrected chi connectivity index (χ0v) is 14.5. The molecule has 0 amide bonds. The molecule has 3 aromatic rings. The molecule has 0 saturated heterocycles. The normalized spacial score (nSPS) is 12.8. The lowest BCUT2D eigenvalue weighted by Gasteiger charge is -2.18. The Morgan fingerprint density at radius 1 is 1.24 bits per heavy atom. The largest absolute Gasteiger partial charge is 0.320 e. The summed E-state index contributed by atoms with van der Waals surface area (Å²) in [7, 11) is 0. The predicted octanol–water partition coefficient (Wildman–Crippen LogP) is 5.80. The standard InChI is InChI=1S/C16H13BrCl2N2/c1-10(11-4-2-5-12(17)8-11)21-14-7-3-6-13(19)16(14)20-15(21)9-18/h2-8,10H,9H2,1H3. The van der Waals surface area contributed by atoms with Crippen molar-refractivity contribution >= 4 is 50.2 Å². The summed E-state index contributed by atoms with van der Waals surface area (Å²) in [5.41, 5.74) is 3.00. The fourth-order valence-corrected chi connectivity index (χ4v) is 3.39. The maximum Gasteiger partial charge on any atom is 0.125 e. The number of imidazole rings is 1. The Hall–Kier alpha value is -1.03. The third-order valence-electron chi connectivity index (χ3n) is 3.58. The molecular weight excluding hydrogens is 371 g/mol. The zero-order chi connectivity index (χ0) is 15.0. The van der Waals surface area contributed by atoms with Crippen molar-refractivity contribution in [1.82, 2.24) is 9.55 Å². The van der Waals surface area contributed by atoms with Crippen molar-refractivity contribution in [3.63, 3.8) is 0 Å². The number of nitrogens with zero attached hydrogens (tertiary/aromatic N) is 2. The molecule has 21 heavy (non-hydrogen) atoms. The van der Waals surface area contributed by atoms with Crippen LogP contribution in [0.5, 0.6) is 0 Å². The van der Waals surface area contributed by atoms with E-state index in [2.05, 4.69) is 44.5 Å². The van der Waals surface area contributed by atoms with Crippen LogP contribution in [0.4, 0.5) is 0 Å². The van der Waals surface area contributed by atoms with Gasteiger partial charge in [-0.1, -0.05) is 45.7 Å². The number of para-hydroxylation sites is 1. The van der Waals surface area contributed by atoms with E-state index in [4.69, 9.17) is 23.2 Å². The summed E-state index contributed by atoms with van der Waals surface area (Å²) in [6.45, 7) is 2.14. The second kappa shape index (κ2) is 5.99. The molecule has 0 N–H and O–H groups in total. The summed E-state index contributed by atoms with van der Waals surface area (Å²) in [5, 5.41) is 0.652. The van der Waals surface area contributed by atoms with Crippen LogP contribution >= 0.6 is 39.1 Å². The Morgan fingerprint density at radius 2 is 2.00 bits per heavy atom. The van der Waals surface area contributed by atoms with Crippen molar-refractivity contribution in [3.05, 3.63) is 63.3 Å². The van der Waals surface area contributed by atoms with E-state index < -0.39 is 0 Å². The van der Waals surface area contributed by atoms with Gasteiger partial charge in [-0.25, -0.2) is 4.98 Å². The molecule has 0 aliphatic carbocycles. The van der Waals surface area contributed by atoms with Crippen LogP contribution in [0.1, 0.15) is 24.4 Å². The molecule has 1 aromatic heterocycles. The maximum atomic E-state index is 6.25. The number of hydrogen-bond donors (Lipinski definition) is 0. The molecule has 0 fully saturated rings. The highest BCUT2D eigenvalue weighted by atomic mass is 79.9. The Kier molecular flexibility index (Phi) is 4.25. The average Bonchev–Trinajstić information content (AvgIpc) is 2.86. The second-order valence-corrected chi connectivity index (χ2v) is 6.46. The van der Waals surface area contributed by atoms with Crippen LogP contribution < -0.4 is 0 Å². The second-order valence-electron chi connectivity index (χ2n) is 4.87. The molecule has 5 heteroatoms. The highest BCUT2D eigenvalue weighted by Crippen LogP contribution is 2.31. The van der Waals surface area contributed by atoms with E-state index in [1.165, 1.54) is 5.56 Å². The molecule has 1 unspecified atom stereocenters. The summed E-state index contributed by atoms with van der Waals surface area (Å²) in [4.78, 5) is 4.59. The quantitative estimate of drug-likeness (QED) is 0.522. The van der Waals surface area contributed by atoms with E-state index in [0.717, 1.165) is 21.3 Å². The molecule has 0 bridgehead atoms. The Labute approximate surface area is 141 Å². The number of benzene rings is 2. The van der Waals surface area contributed by atoms with Gasteiger partial charge in [-0.3, -0.25) is 0 Å². The van der Waals surface area contributed by atoms with E-state index in [0.29, 0.717) is 10.9 Å². The summed E-state index contributed by atoms with van der Waals surface area (Å²) in [6, 6.07) is 14.2. The first-order valence-electron chi connectivity index (χ1n) is 6.58. The molecule has 1 atom stereocenters. The molecule has 0 spiro atoms. The lowest BCUT2D eigenvalue weighted by molar-refractivity contribution is 0.633. The highest BCUT2D eigenvalue weighted by Gasteiger charge is 2.18. The van der Waals surface area contributed by atoms with Gasteiger partial charge in [0.1, 0.15) is 11.3 Å². The van der Waals surface area contributed by atoms with Gasteiger partial charge in [0.05, 0.1) is 22.5 Å². The zero-order valence-electron chi connectivity index (χ0n) is 11.4. The van der Waals surface area contributed by atoms with Crippen molar-refractivity contribution in [3.8, 4) is 0 Å². The monoisotopic (exact) mass is 382 g/mol. The van der Waals surface area contributed by atoms with Crippen LogP contribution in [0.2, 0.25) is 5.02 Å². The molecule has 1 heterocycles. The van der Waals surface area contributed by atoms with Gasteiger partial charge in [0.25, 0.3) is 0 Å². The van der Waals surface area contributed by atoms with Crippen LogP contribution in [-0.2, 0) is 5.88 Å². The average molecular weight is 384 g/mol. The highest BCUT2D eigenvalue weighted by molar-refractivity contribution is 9.10. The minimum absolute atomic E-state index is 0.125. The van der Waals surface area contributed by atoms with Gasteiger partial charge in [0.2, 0.25) is 0 Å². The van der Waals surface area contributed by atoms with Gasteiger partial charge >= 0.3 is 0 Å². The SMILES string of the molecule is CC(c1cccc(Br)c1)n1c(CCl)nc2c(Cl)cccc21. The van der Waals surface area contributed by atoms with Crippen molar-refractivity contribution in [2.75, 3.05) is 0 Å². The van der Waals surface area contributed by atoms with Crippen LogP contribution in [0, 0.1) is 0 Å². The molecule has 0 radical (unpaired) electrons. The van der Waals surface area contributed by atoms with Gasteiger partial charge < -0.3 is 4.57 Å². The van der Waals surface area contributed by atoms with Crippen molar-refractivity contribution in [2.24, 2.45) is 0 Å². The number of aromatic nitrogens is 2. The number of halogens is 3. The minimum Gasteiger partial charge on any atom is -0.320 e. The van der Waals surface area contributed by atoms with Gasteiger partial charge in [0.15, 0.2) is 0 Å². The first kappa shape index (κ1) is 14.9. The smallest absolute Gasteiger partial charge is 0.125 e. The Balaban J connectivity index is 2.21. The van der Waals surface area contributed by atoms with E-state index in [9.17, 15) is 0 Å². The molecule has 0 aliphatic rings. The molecular formula is C16H13BrCl2N2. The first-order valence-corrected chi connectivity index (χ1v) is 8.29. The molecule has 0 saturated carbocycles. The van der Waals surface area contributed by atoms with Gasteiger partial charge in [-0.15, -0.1) is 11.6 Å². The third kappa shape index (κ3) is 2.70. The number of hydrogen-bond acceptors (Lipinski definition) is 1. The number of alkyl halides is 1. The maximum absolute atomic E-state index is 6.25. The number of fused-ring (bicyclic) bond motifs is 1. The van der Waals surface area contributed by atoms with Gasteiger partial charge in [-0.2, -0.15) is 0 Å². The van der Waals surface area contributed by atoms with Crippen LogP contribution in [-0.4, -0.2) is 9.55 Å². The predicted molar refractivity (Wildman–Crippen MR) is 92.3 cm³/mol. The topological polar surface area (TPSA) is 17.8 Å². The fourth-order valence-electron chi connectivity index (χ4n) is 2.57. The van der Waals surface area contributed by atoms with E-state index >= 15 is 0 Å². The van der Waals surface area contributed by atoms with Crippen molar-refractivity contribution in [1.29, 1.82) is 0 Å². The van der Waals surface area contributed by atoms with Crippen LogP contribution in [0.3, 0.4) is 0 Å². The van der Waals surface area contributed by atoms with Gasteiger partial charge in [0, 0.05) is 4.47 Å². The Morgan fingerprint density at radius 3 is 2.71 bits per heavy atom. The summed E-state index contributed by atoms with van der Waals surface area (Å²) < 4.78 is 3.21. The van der Waals surface area contributed by atoms with Crippen molar-refractivity contribution < 1.29 is 0 Å². The molecule has 2 aromatic carbocycles. The van der Waals surface area contributed by atoms with Crippen molar-refractivity contribution in [2.45, 2.75) is 18.8 Å².